The fraction of sp³-hybridized carbons (Fsp3) is 0.643. The van der Waals surface area contributed by atoms with Crippen LogP contribution >= 0.6 is 23.7 Å². The van der Waals surface area contributed by atoms with Crippen molar-refractivity contribution in [2.45, 2.75) is 33.6 Å². The molecule has 2 rings (SSSR count). The molecule has 0 aromatic carbocycles. The average Bonchev–Trinajstić information content (AvgIpc) is 2.68. The molecule has 19 heavy (non-hydrogen) atoms. The molecule has 1 aliphatic heterocycles. The van der Waals surface area contributed by atoms with Crippen LogP contribution in [0.3, 0.4) is 0 Å². The van der Waals surface area contributed by atoms with E-state index >= 15 is 0 Å². The minimum absolute atomic E-state index is 0. The third-order valence-corrected chi connectivity index (χ3v) is 5.03. The summed E-state index contributed by atoms with van der Waals surface area (Å²) in [6, 6.07) is 1.99. The standard InChI is InChI=1S/C14H22N2OS.ClH/c1-10-8-12(18-11(10)2)13(17)16-9-14(3)4-6-15-7-5-14;/h8,15H,4-7,9H2,1-3H3,(H,16,17);1H. The first-order valence-corrected chi connectivity index (χ1v) is 7.38. The van der Waals surface area contributed by atoms with Crippen LogP contribution in [0.2, 0.25) is 0 Å². The lowest BCUT2D eigenvalue weighted by molar-refractivity contribution is 0.0926. The Kier molecular flexibility index (Phi) is 5.83. The molecule has 1 aromatic heterocycles. The maximum absolute atomic E-state index is 12.1. The molecule has 1 aliphatic rings. The van der Waals surface area contributed by atoms with Crippen molar-refractivity contribution >= 4 is 29.7 Å². The van der Waals surface area contributed by atoms with E-state index in [1.165, 1.54) is 10.4 Å². The first-order chi connectivity index (χ1) is 8.50. The molecule has 0 unspecified atom stereocenters. The van der Waals surface area contributed by atoms with Gasteiger partial charge in [0.15, 0.2) is 0 Å². The first-order valence-electron chi connectivity index (χ1n) is 6.56. The third-order valence-electron chi connectivity index (χ3n) is 3.88. The van der Waals surface area contributed by atoms with Crippen LogP contribution in [0.15, 0.2) is 6.07 Å². The number of halogens is 1. The van der Waals surface area contributed by atoms with E-state index in [-0.39, 0.29) is 23.7 Å². The summed E-state index contributed by atoms with van der Waals surface area (Å²) in [7, 11) is 0. The smallest absolute Gasteiger partial charge is 0.261 e. The van der Waals surface area contributed by atoms with E-state index in [4.69, 9.17) is 0 Å². The Bertz CT molecular complexity index is 419. The average molecular weight is 303 g/mol. The van der Waals surface area contributed by atoms with Crippen molar-refractivity contribution in [2.24, 2.45) is 5.41 Å². The Hall–Kier alpha value is -0.580. The zero-order chi connectivity index (χ0) is 13.2. The van der Waals surface area contributed by atoms with Crippen LogP contribution in [0.1, 0.15) is 39.9 Å². The predicted octanol–water partition coefficient (Wildman–Crippen LogP) is 2.91. The third kappa shape index (κ3) is 4.20. The topological polar surface area (TPSA) is 41.1 Å². The van der Waals surface area contributed by atoms with Gasteiger partial charge in [-0.25, -0.2) is 0 Å². The summed E-state index contributed by atoms with van der Waals surface area (Å²) >= 11 is 1.58. The van der Waals surface area contributed by atoms with Crippen LogP contribution in [0, 0.1) is 19.3 Å². The van der Waals surface area contributed by atoms with Crippen molar-refractivity contribution in [3.63, 3.8) is 0 Å². The summed E-state index contributed by atoms with van der Waals surface area (Å²) in [5, 5.41) is 6.45. The van der Waals surface area contributed by atoms with Crippen molar-refractivity contribution in [1.29, 1.82) is 0 Å². The normalized spacial score (nSPS) is 17.6. The number of thiophene rings is 1. The molecule has 1 amide bonds. The van der Waals surface area contributed by atoms with E-state index in [2.05, 4.69) is 31.4 Å². The molecule has 1 saturated heterocycles. The molecule has 2 heterocycles. The summed E-state index contributed by atoms with van der Waals surface area (Å²) in [5.74, 6) is 0.0796. The quantitative estimate of drug-likeness (QED) is 0.901. The van der Waals surface area contributed by atoms with E-state index in [0.29, 0.717) is 0 Å². The number of amides is 1. The van der Waals surface area contributed by atoms with Gasteiger partial charge in [0.05, 0.1) is 4.88 Å². The second-order valence-electron chi connectivity index (χ2n) is 5.59. The van der Waals surface area contributed by atoms with Crippen LogP contribution in [0.5, 0.6) is 0 Å². The molecule has 0 radical (unpaired) electrons. The fourth-order valence-corrected chi connectivity index (χ4v) is 3.22. The number of carbonyl (C=O) groups excluding carboxylic acids is 1. The van der Waals surface area contributed by atoms with Gasteiger partial charge < -0.3 is 10.6 Å². The maximum Gasteiger partial charge on any atom is 0.261 e. The minimum Gasteiger partial charge on any atom is -0.351 e. The van der Waals surface area contributed by atoms with Crippen molar-refractivity contribution < 1.29 is 4.79 Å². The van der Waals surface area contributed by atoms with Gasteiger partial charge in [-0.1, -0.05) is 6.92 Å². The van der Waals surface area contributed by atoms with Crippen LogP contribution in [0.25, 0.3) is 0 Å². The number of aryl methyl sites for hydroxylation is 2. The summed E-state index contributed by atoms with van der Waals surface area (Å²) in [6.07, 6.45) is 2.27. The van der Waals surface area contributed by atoms with Gasteiger partial charge in [-0.15, -0.1) is 23.7 Å². The lowest BCUT2D eigenvalue weighted by Crippen LogP contribution is -2.42. The van der Waals surface area contributed by atoms with Crippen molar-refractivity contribution in [1.82, 2.24) is 10.6 Å². The molecule has 108 valence electrons. The maximum atomic E-state index is 12.1. The van der Waals surface area contributed by atoms with Gasteiger partial charge in [-0.05, 0) is 56.8 Å². The van der Waals surface area contributed by atoms with E-state index < -0.39 is 0 Å². The Labute approximate surface area is 125 Å². The van der Waals surface area contributed by atoms with Gasteiger partial charge in [0.2, 0.25) is 0 Å². The molecule has 0 saturated carbocycles. The summed E-state index contributed by atoms with van der Waals surface area (Å²) in [4.78, 5) is 14.1. The lowest BCUT2D eigenvalue weighted by atomic mass is 9.81. The highest BCUT2D eigenvalue weighted by molar-refractivity contribution is 7.14. The van der Waals surface area contributed by atoms with E-state index in [1.807, 2.05) is 6.07 Å². The van der Waals surface area contributed by atoms with Gasteiger partial charge in [0.25, 0.3) is 5.91 Å². The highest BCUT2D eigenvalue weighted by Crippen LogP contribution is 2.27. The Balaban J connectivity index is 0.00000180. The lowest BCUT2D eigenvalue weighted by Gasteiger charge is -2.34. The fourth-order valence-electron chi connectivity index (χ4n) is 2.27. The SMILES string of the molecule is Cc1cc(C(=O)NCC2(C)CCNCC2)sc1C.Cl. The second-order valence-corrected chi connectivity index (χ2v) is 6.85. The van der Waals surface area contributed by atoms with Crippen LogP contribution in [-0.4, -0.2) is 25.5 Å². The Morgan fingerprint density at radius 2 is 2.05 bits per heavy atom. The van der Waals surface area contributed by atoms with Crippen LogP contribution in [-0.2, 0) is 0 Å². The van der Waals surface area contributed by atoms with Crippen LogP contribution in [0.4, 0.5) is 0 Å². The molecule has 0 bridgehead atoms. The summed E-state index contributed by atoms with van der Waals surface area (Å²) in [5.41, 5.74) is 1.46. The van der Waals surface area contributed by atoms with Crippen molar-refractivity contribution in [3.8, 4) is 0 Å². The number of rotatable bonds is 3. The zero-order valence-electron chi connectivity index (χ0n) is 11.8. The van der Waals surface area contributed by atoms with Gasteiger partial charge in [0, 0.05) is 11.4 Å². The largest absolute Gasteiger partial charge is 0.351 e. The van der Waals surface area contributed by atoms with Gasteiger partial charge >= 0.3 is 0 Å². The van der Waals surface area contributed by atoms with E-state index in [9.17, 15) is 4.79 Å². The summed E-state index contributed by atoms with van der Waals surface area (Å²) in [6.45, 7) is 9.28. The number of nitrogens with one attached hydrogen (secondary N) is 2. The van der Waals surface area contributed by atoms with Gasteiger partial charge in [-0.2, -0.15) is 0 Å². The number of carbonyl (C=O) groups is 1. The highest BCUT2D eigenvalue weighted by Gasteiger charge is 2.27. The molecule has 1 aromatic rings. The molecule has 1 fully saturated rings. The van der Waals surface area contributed by atoms with Gasteiger partial charge in [-0.3, -0.25) is 4.79 Å². The molecule has 2 N–H and O–H groups in total. The second kappa shape index (κ2) is 6.73. The van der Waals surface area contributed by atoms with Crippen molar-refractivity contribution in [3.05, 3.63) is 21.4 Å². The number of piperidine rings is 1. The molecular weight excluding hydrogens is 280 g/mol. The molecule has 0 spiro atoms. The Morgan fingerprint density at radius 1 is 1.42 bits per heavy atom. The zero-order valence-corrected chi connectivity index (χ0v) is 13.5. The van der Waals surface area contributed by atoms with Crippen molar-refractivity contribution in [2.75, 3.05) is 19.6 Å². The van der Waals surface area contributed by atoms with E-state index in [1.54, 1.807) is 11.3 Å². The van der Waals surface area contributed by atoms with E-state index in [0.717, 1.165) is 37.4 Å². The summed E-state index contributed by atoms with van der Waals surface area (Å²) < 4.78 is 0. The Morgan fingerprint density at radius 3 is 2.58 bits per heavy atom. The predicted molar refractivity (Wildman–Crippen MR) is 83.6 cm³/mol. The van der Waals surface area contributed by atoms with Gasteiger partial charge in [0.1, 0.15) is 0 Å². The number of hydrogen-bond donors (Lipinski definition) is 2. The highest BCUT2D eigenvalue weighted by atomic mass is 35.5. The molecule has 5 heteroatoms. The first kappa shape index (κ1) is 16.5. The molecule has 0 atom stereocenters. The molecule has 3 nitrogen and oxygen atoms in total. The number of hydrogen-bond acceptors (Lipinski definition) is 3. The van der Waals surface area contributed by atoms with Crippen LogP contribution < -0.4 is 10.6 Å². The monoisotopic (exact) mass is 302 g/mol. The molecular formula is C14H23ClN2OS. The molecule has 0 aliphatic carbocycles. The minimum atomic E-state index is 0.